The smallest absolute Gasteiger partial charge is 0.311 e. The average Bonchev–Trinajstić information content (AvgIpc) is 3.09. The van der Waals surface area contributed by atoms with Crippen molar-refractivity contribution in [2.45, 2.75) is 17.0 Å². The number of nitro groups is 1. The van der Waals surface area contributed by atoms with Crippen LogP contribution in [0.25, 0.3) is 0 Å². The Labute approximate surface area is 169 Å². The van der Waals surface area contributed by atoms with Crippen molar-refractivity contribution in [3.8, 4) is 5.75 Å². The molecule has 1 aromatic heterocycles. The van der Waals surface area contributed by atoms with Gasteiger partial charge in [-0.3, -0.25) is 14.9 Å². The van der Waals surface area contributed by atoms with Gasteiger partial charge in [-0.25, -0.2) is 9.37 Å². The van der Waals surface area contributed by atoms with Gasteiger partial charge in [-0.1, -0.05) is 0 Å². The van der Waals surface area contributed by atoms with Gasteiger partial charge < -0.3 is 14.6 Å². The largest absolute Gasteiger partial charge is 0.487 e. The first-order valence-corrected chi connectivity index (χ1v) is 9.38. The van der Waals surface area contributed by atoms with E-state index in [2.05, 4.69) is 10.3 Å². The summed E-state index contributed by atoms with van der Waals surface area (Å²) in [6, 6.07) is 7.91. The molecule has 0 unspecified atom stereocenters. The first-order valence-electron chi connectivity index (χ1n) is 8.56. The number of carbonyl (C=O) groups excluding carboxylic acids is 1. The van der Waals surface area contributed by atoms with Crippen molar-refractivity contribution in [2.24, 2.45) is 7.05 Å². The highest BCUT2D eigenvalue weighted by Gasteiger charge is 2.20. The lowest BCUT2D eigenvalue weighted by atomic mass is 10.1. The maximum absolute atomic E-state index is 13.8. The number of imidazole rings is 1. The Morgan fingerprint density at radius 3 is 2.79 bits per heavy atom. The summed E-state index contributed by atoms with van der Waals surface area (Å²) < 4.78 is 20.8. The summed E-state index contributed by atoms with van der Waals surface area (Å²) in [7, 11) is 1.82. The monoisotopic (exact) mass is 416 g/mol. The zero-order valence-corrected chi connectivity index (χ0v) is 16.4. The maximum Gasteiger partial charge on any atom is 0.311 e. The Balaban J connectivity index is 1.89. The van der Waals surface area contributed by atoms with Crippen molar-refractivity contribution >= 4 is 29.0 Å². The van der Waals surface area contributed by atoms with E-state index in [9.17, 15) is 19.3 Å². The minimum Gasteiger partial charge on any atom is -0.487 e. The van der Waals surface area contributed by atoms with Crippen LogP contribution in [-0.4, -0.2) is 27.0 Å². The van der Waals surface area contributed by atoms with E-state index in [0.29, 0.717) is 10.1 Å². The molecule has 3 aromatic rings. The molecule has 1 N–H and O–H groups in total. The number of nitrogens with zero attached hydrogens (tertiary/aromatic N) is 3. The van der Waals surface area contributed by atoms with E-state index in [0.717, 1.165) is 6.07 Å². The highest BCUT2D eigenvalue weighted by molar-refractivity contribution is 7.99. The second kappa shape index (κ2) is 8.74. The van der Waals surface area contributed by atoms with Gasteiger partial charge in [-0.05, 0) is 49.0 Å². The molecule has 10 heteroatoms. The fourth-order valence-corrected chi connectivity index (χ4v) is 3.38. The number of aromatic nitrogens is 2. The third-order valence-electron chi connectivity index (χ3n) is 3.89. The molecule has 0 spiro atoms. The number of amides is 1. The summed E-state index contributed by atoms with van der Waals surface area (Å²) in [6.07, 6.45) is 3.40. The number of ether oxygens (including phenoxy) is 1. The van der Waals surface area contributed by atoms with Crippen LogP contribution in [0.5, 0.6) is 5.75 Å². The molecular formula is C19H17FN4O4S. The number of anilines is 1. The minimum absolute atomic E-state index is 0.0531. The molecular weight excluding hydrogens is 399 g/mol. The van der Waals surface area contributed by atoms with Gasteiger partial charge >= 0.3 is 5.69 Å². The third-order valence-corrected chi connectivity index (χ3v) is 5.04. The summed E-state index contributed by atoms with van der Waals surface area (Å²) >= 11 is 1.25. The molecule has 0 radical (unpaired) electrons. The number of hydrogen-bond acceptors (Lipinski definition) is 6. The van der Waals surface area contributed by atoms with E-state index < -0.39 is 16.6 Å². The molecule has 8 nitrogen and oxygen atoms in total. The molecule has 0 atom stereocenters. The van der Waals surface area contributed by atoms with E-state index >= 15 is 0 Å². The number of rotatable bonds is 7. The average molecular weight is 416 g/mol. The van der Waals surface area contributed by atoms with Crippen LogP contribution in [0.2, 0.25) is 0 Å². The fourth-order valence-electron chi connectivity index (χ4n) is 2.51. The number of benzene rings is 2. The van der Waals surface area contributed by atoms with Crippen molar-refractivity contribution < 1.29 is 18.8 Å². The van der Waals surface area contributed by atoms with E-state index in [1.165, 1.54) is 42.1 Å². The van der Waals surface area contributed by atoms with Gasteiger partial charge in [0.05, 0.1) is 17.2 Å². The quantitative estimate of drug-likeness (QED) is 0.456. The van der Waals surface area contributed by atoms with Gasteiger partial charge in [0.15, 0.2) is 10.9 Å². The molecule has 0 bridgehead atoms. The van der Waals surface area contributed by atoms with Crippen LogP contribution in [0, 0.1) is 15.9 Å². The Morgan fingerprint density at radius 1 is 1.34 bits per heavy atom. The van der Waals surface area contributed by atoms with Crippen molar-refractivity contribution in [3.63, 3.8) is 0 Å². The standard InChI is InChI=1S/C19H17FN4O4S/c1-3-28-16-6-4-12(10-15(16)24(26)27)18(25)22-14-11-13(20)5-7-17(14)29-19-21-8-9-23(19)2/h4-11H,3H2,1-2H3,(H,22,25). The minimum atomic E-state index is -0.619. The zero-order chi connectivity index (χ0) is 21.0. The molecule has 29 heavy (non-hydrogen) atoms. The highest BCUT2D eigenvalue weighted by atomic mass is 32.2. The topological polar surface area (TPSA) is 99.3 Å². The Hall–Kier alpha value is -3.40. The molecule has 0 aliphatic rings. The molecule has 3 rings (SSSR count). The molecule has 1 amide bonds. The zero-order valence-electron chi connectivity index (χ0n) is 15.6. The van der Waals surface area contributed by atoms with E-state index in [1.54, 1.807) is 23.9 Å². The summed E-state index contributed by atoms with van der Waals surface area (Å²) in [5.74, 6) is -1.06. The molecule has 0 aliphatic heterocycles. The third kappa shape index (κ3) is 4.72. The summed E-state index contributed by atoms with van der Waals surface area (Å²) in [4.78, 5) is 28.1. The first kappa shape index (κ1) is 20.3. The second-order valence-electron chi connectivity index (χ2n) is 5.89. The lowest BCUT2D eigenvalue weighted by Gasteiger charge is -2.12. The second-order valence-corrected chi connectivity index (χ2v) is 6.90. The van der Waals surface area contributed by atoms with Crippen molar-refractivity contribution in [2.75, 3.05) is 11.9 Å². The van der Waals surface area contributed by atoms with Gasteiger partial charge in [0.2, 0.25) is 0 Å². The van der Waals surface area contributed by atoms with Crippen LogP contribution in [0.15, 0.2) is 58.8 Å². The van der Waals surface area contributed by atoms with Crippen molar-refractivity contribution in [3.05, 3.63) is 70.3 Å². The molecule has 150 valence electrons. The van der Waals surface area contributed by atoms with Crippen molar-refractivity contribution in [1.29, 1.82) is 0 Å². The summed E-state index contributed by atoms with van der Waals surface area (Å²) in [5.41, 5.74) is -0.0294. The molecule has 2 aromatic carbocycles. The Kier molecular flexibility index (Phi) is 6.13. The first-order chi connectivity index (χ1) is 13.9. The number of carbonyl (C=O) groups is 1. The van der Waals surface area contributed by atoms with Gasteiger partial charge in [0.1, 0.15) is 5.82 Å². The number of aryl methyl sites for hydroxylation is 1. The van der Waals surface area contributed by atoms with E-state index in [1.807, 2.05) is 7.05 Å². The maximum atomic E-state index is 13.8. The predicted octanol–water partition coefficient (Wildman–Crippen LogP) is 4.27. The van der Waals surface area contributed by atoms with Crippen LogP contribution < -0.4 is 10.1 Å². The lowest BCUT2D eigenvalue weighted by molar-refractivity contribution is -0.385. The fraction of sp³-hybridized carbons (Fsp3) is 0.158. The lowest BCUT2D eigenvalue weighted by Crippen LogP contribution is -2.13. The van der Waals surface area contributed by atoms with Crippen LogP contribution >= 0.6 is 11.8 Å². The van der Waals surface area contributed by atoms with Gasteiger partial charge in [0.25, 0.3) is 5.91 Å². The van der Waals surface area contributed by atoms with Crippen LogP contribution in [0.4, 0.5) is 15.8 Å². The number of nitro benzene ring substituents is 1. The van der Waals surface area contributed by atoms with Crippen LogP contribution in [0.3, 0.4) is 0 Å². The van der Waals surface area contributed by atoms with Gasteiger partial charge in [-0.2, -0.15) is 0 Å². The predicted molar refractivity (Wildman–Crippen MR) is 106 cm³/mol. The van der Waals surface area contributed by atoms with Crippen LogP contribution in [-0.2, 0) is 7.05 Å². The highest BCUT2D eigenvalue weighted by Crippen LogP contribution is 2.34. The summed E-state index contributed by atoms with van der Waals surface area (Å²) in [5, 5.41) is 14.5. The molecule has 1 heterocycles. The molecule has 0 saturated carbocycles. The Morgan fingerprint density at radius 2 is 2.14 bits per heavy atom. The number of nitrogens with one attached hydrogen (secondary N) is 1. The SMILES string of the molecule is CCOc1ccc(C(=O)Nc2cc(F)ccc2Sc2nccn2C)cc1[N+](=O)[O-]. The summed E-state index contributed by atoms with van der Waals surface area (Å²) in [6.45, 7) is 1.96. The van der Waals surface area contributed by atoms with Gasteiger partial charge in [-0.15, -0.1) is 0 Å². The van der Waals surface area contributed by atoms with Gasteiger partial charge in [0, 0.05) is 36.0 Å². The normalized spacial score (nSPS) is 10.6. The Bertz CT molecular complexity index is 1070. The van der Waals surface area contributed by atoms with E-state index in [4.69, 9.17) is 4.74 Å². The molecule has 0 aliphatic carbocycles. The van der Waals surface area contributed by atoms with Crippen molar-refractivity contribution in [1.82, 2.24) is 9.55 Å². The van der Waals surface area contributed by atoms with E-state index in [-0.39, 0.29) is 29.3 Å². The molecule has 0 saturated heterocycles. The number of hydrogen-bond donors (Lipinski definition) is 1. The van der Waals surface area contributed by atoms with Crippen LogP contribution in [0.1, 0.15) is 17.3 Å². The molecule has 0 fully saturated rings. The number of halogens is 1.